The van der Waals surface area contributed by atoms with E-state index in [1.807, 2.05) is 0 Å². The average molecular weight is 410 g/mol. The molecule has 2 amide bonds. The van der Waals surface area contributed by atoms with Crippen molar-refractivity contribution in [2.24, 2.45) is 0 Å². The van der Waals surface area contributed by atoms with Gasteiger partial charge in [-0.2, -0.15) is 0 Å². The third kappa shape index (κ3) is 12.7. The second-order valence-electron chi connectivity index (χ2n) is 6.58. The number of hydrogen-bond acceptors (Lipinski definition) is 9. The SMILES string of the molecule is CC(O)CN(CC(C)O)C(=O)OCCOCCOC(=O)N(CC(C)O)C(C)O. The first-order chi connectivity index (χ1) is 13.0. The summed E-state index contributed by atoms with van der Waals surface area (Å²) in [7, 11) is 0. The molecule has 11 heteroatoms. The maximum Gasteiger partial charge on any atom is 0.411 e. The molecule has 0 aliphatic heterocycles. The molecule has 166 valence electrons. The van der Waals surface area contributed by atoms with Crippen molar-refractivity contribution in [2.75, 3.05) is 46.1 Å². The molecule has 4 N–H and O–H groups in total. The van der Waals surface area contributed by atoms with Crippen LogP contribution in [0.5, 0.6) is 0 Å². The second-order valence-corrected chi connectivity index (χ2v) is 6.58. The molecule has 0 saturated carbocycles. The second kappa shape index (κ2) is 14.4. The zero-order valence-electron chi connectivity index (χ0n) is 17.0. The summed E-state index contributed by atoms with van der Waals surface area (Å²) < 4.78 is 15.1. The van der Waals surface area contributed by atoms with Gasteiger partial charge < -0.3 is 39.5 Å². The quantitative estimate of drug-likeness (QED) is 0.230. The van der Waals surface area contributed by atoms with Crippen molar-refractivity contribution in [3.05, 3.63) is 0 Å². The van der Waals surface area contributed by atoms with Crippen LogP contribution in [0.25, 0.3) is 0 Å². The fourth-order valence-corrected chi connectivity index (χ4v) is 2.18. The first-order valence-corrected chi connectivity index (χ1v) is 9.19. The maximum atomic E-state index is 11.9. The van der Waals surface area contributed by atoms with Gasteiger partial charge >= 0.3 is 12.2 Å². The number of aliphatic hydroxyl groups excluding tert-OH is 4. The Morgan fingerprint density at radius 3 is 1.54 bits per heavy atom. The van der Waals surface area contributed by atoms with Crippen LogP contribution in [0.15, 0.2) is 0 Å². The van der Waals surface area contributed by atoms with Gasteiger partial charge in [0.2, 0.25) is 0 Å². The van der Waals surface area contributed by atoms with E-state index in [9.17, 15) is 30.0 Å². The number of rotatable bonds is 13. The highest BCUT2D eigenvalue weighted by Gasteiger charge is 2.21. The van der Waals surface area contributed by atoms with Crippen LogP contribution >= 0.6 is 0 Å². The Balaban J connectivity index is 4.03. The third-order valence-electron chi connectivity index (χ3n) is 3.28. The summed E-state index contributed by atoms with van der Waals surface area (Å²) in [5, 5.41) is 37.6. The molecule has 28 heavy (non-hydrogen) atoms. The standard InChI is InChI=1S/C17H34N2O9/c1-12(20)9-18(10-13(2)21)16(24)27-7-5-26-6-8-28-17(25)19(15(4)23)11-14(3)22/h12-15,20-23H,5-11H2,1-4H3. The van der Waals surface area contributed by atoms with E-state index in [-0.39, 0.29) is 46.1 Å². The fourth-order valence-electron chi connectivity index (χ4n) is 2.18. The highest BCUT2D eigenvalue weighted by atomic mass is 16.6. The molecule has 0 fully saturated rings. The molecule has 0 saturated heterocycles. The normalized spacial score (nSPS) is 15.3. The topological polar surface area (TPSA) is 149 Å². The molecule has 0 aliphatic carbocycles. The van der Waals surface area contributed by atoms with E-state index in [4.69, 9.17) is 14.2 Å². The van der Waals surface area contributed by atoms with Gasteiger partial charge in [0.25, 0.3) is 0 Å². The monoisotopic (exact) mass is 410 g/mol. The van der Waals surface area contributed by atoms with Crippen LogP contribution in [-0.2, 0) is 14.2 Å². The lowest BCUT2D eigenvalue weighted by atomic mass is 10.3. The van der Waals surface area contributed by atoms with Crippen molar-refractivity contribution >= 4 is 12.2 Å². The van der Waals surface area contributed by atoms with Crippen LogP contribution < -0.4 is 0 Å². The van der Waals surface area contributed by atoms with Crippen molar-refractivity contribution in [2.45, 2.75) is 52.2 Å². The van der Waals surface area contributed by atoms with Gasteiger partial charge in [-0.3, -0.25) is 4.90 Å². The number of nitrogens with zero attached hydrogens (tertiary/aromatic N) is 2. The molecule has 4 unspecified atom stereocenters. The van der Waals surface area contributed by atoms with Crippen LogP contribution in [0.3, 0.4) is 0 Å². The van der Waals surface area contributed by atoms with Crippen molar-refractivity contribution in [1.29, 1.82) is 0 Å². The molecule has 0 aliphatic rings. The molecule has 0 bridgehead atoms. The van der Waals surface area contributed by atoms with Crippen molar-refractivity contribution in [1.82, 2.24) is 9.80 Å². The average Bonchev–Trinajstić information content (AvgIpc) is 2.56. The van der Waals surface area contributed by atoms with Gasteiger partial charge in [0, 0.05) is 13.1 Å². The lowest BCUT2D eigenvalue weighted by Gasteiger charge is -2.26. The van der Waals surface area contributed by atoms with Gasteiger partial charge in [-0.25, -0.2) is 9.59 Å². The van der Waals surface area contributed by atoms with E-state index < -0.39 is 36.7 Å². The molecule has 0 heterocycles. The summed E-state index contributed by atoms with van der Waals surface area (Å²) in [6, 6.07) is 0. The Bertz CT molecular complexity index is 434. The molecule has 0 aromatic carbocycles. The maximum absolute atomic E-state index is 11.9. The van der Waals surface area contributed by atoms with E-state index >= 15 is 0 Å². The van der Waals surface area contributed by atoms with Crippen LogP contribution in [0, 0.1) is 0 Å². The molecule has 0 spiro atoms. The van der Waals surface area contributed by atoms with Gasteiger partial charge in [0.05, 0.1) is 38.1 Å². The van der Waals surface area contributed by atoms with Gasteiger partial charge in [0.1, 0.15) is 19.4 Å². The minimum absolute atomic E-state index is 0.0345. The van der Waals surface area contributed by atoms with Gasteiger partial charge in [-0.05, 0) is 27.7 Å². The number of hydrogen-bond donors (Lipinski definition) is 4. The minimum Gasteiger partial charge on any atom is -0.447 e. The molecule has 11 nitrogen and oxygen atoms in total. The molecule has 0 radical (unpaired) electrons. The number of carbonyl (C=O) groups excluding carboxylic acids is 2. The van der Waals surface area contributed by atoms with Crippen LogP contribution in [0.1, 0.15) is 27.7 Å². The Hall–Kier alpha value is -1.66. The van der Waals surface area contributed by atoms with E-state index in [1.54, 1.807) is 0 Å². The lowest BCUT2D eigenvalue weighted by molar-refractivity contribution is -0.0185. The summed E-state index contributed by atoms with van der Waals surface area (Å²) >= 11 is 0. The summed E-state index contributed by atoms with van der Waals surface area (Å²) in [5.41, 5.74) is 0. The predicted octanol–water partition coefficient (Wildman–Crippen LogP) is -0.639. The zero-order chi connectivity index (χ0) is 21.7. The molecular weight excluding hydrogens is 376 g/mol. The van der Waals surface area contributed by atoms with E-state index in [0.29, 0.717) is 0 Å². The molecule has 0 aromatic rings. The van der Waals surface area contributed by atoms with Crippen molar-refractivity contribution in [3.8, 4) is 0 Å². The Morgan fingerprint density at radius 1 is 0.714 bits per heavy atom. The smallest absolute Gasteiger partial charge is 0.411 e. The van der Waals surface area contributed by atoms with Crippen LogP contribution in [0.2, 0.25) is 0 Å². The highest BCUT2D eigenvalue weighted by molar-refractivity contribution is 5.68. The molecular formula is C17H34N2O9. The van der Waals surface area contributed by atoms with E-state index in [2.05, 4.69) is 0 Å². The zero-order valence-corrected chi connectivity index (χ0v) is 17.0. The number of aliphatic hydroxyl groups is 4. The first-order valence-electron chi connectivity index (χ1n) is 9.19. The van der Waals surface area contributed by atoms with Crippen molar-refractivity contribution < 1.29 is 44.2 Å². The summed E-state index contributed by atoms with van der Waals surface area (Å²) in [6.07, 6.45) is -4.89. The van der Waals surface area contributed by atoms with Crippen molar-refractivity contribution in [3.63, 3.8) is 0 Å². The molecule has 0 rings (SSSR count). The van der Waals surface area contributed by atoms with Gasteiger partial charge in [-0.15, -0.1) is 0 Å². The summed E-state index contributed by atoms with van der Waals surface area (Å²) in [4.78, 5) is 25.9. The number of ether oxygens (including phenoxy) is 3. The predicted molar refractivity (Wildman–Crippen MR) is 98.5 cm³/mol. The van der Waals surface area contributed by atoms with Crippen LogP contribution in [0.4, 0.5) is 9.59 Å². The Morgan fingerprint density at radius 2 is 1.14 bits per heavy atom. The number of carbonyl (C=O) groups is 2. The Kier molecular flexibility index (Phi) is 13.5. The van der Waals surface area contributed by atoms with E-state index in [1.165, 1.54) is 32.6 Å². The summed E-state index contributed by atoms with van der Waals surface area (Å²) in [6.45, 7) is 5.90. The van der Waals surface area contributed by atoms with E-state index in [0.717, 1.165) is 4.90 Å². The molecule has 0 aromatic heterocycles. The third-order valence-corrected chi connectivity index (χ3v) is 3.28. The fraction of sp³-hybridized carbons (Fsp3) is 0.882. The number of amides is 2. The molecule has 4 atom stereocenters. The van der Waals surface area contributed by atoms with Gasteiger partial charge in [-0.1, -0.05) is 0 Å². The van der Waals surface area contributed by atoms with Gasteiger partial charge in [0.15, 0.2) is 0 Å². The largest absolute Gasteiger partial charge is 0.447 e. The first kappa shape index (κ1) is 26.3. The van der Waals surface area contributed by atoms with Crippen LogP contribution in [-0.4, -0.2) is 113 Å². The Labute approximate surface area is 165 Å². The highest BCUT2D eigenvalue weighted by Crippen LogP contribution is 2.02. The minimum atomic E-state index is -1.10. The summed E-state index contributed by atoms with van der Waals surface area (Å²) in [5.74, 6) is 0. The lowest BCUT2D eigenvalue weighted by Crippen LogP contribution is -2.43.